The highest BCUT2D eigenvalue weighted by molar-refractivity contribution is 5.89. The van der Waals surface area contributed by atoms with E-state index >= 15 is 0 Å². The molecule has 24 heteroatoms. The van der Waals surface area contributed by atoms with Crippen molar-refractivity contribution in [3.8, 4) is 23.0 Å². The third-order valence-electron chi connectivity index (χ3n) is 10.9. The molecule has 13 atom stereocenters. The average Bonchev–Trinajstić information content (AvgIpc) is 3.61. The number of hydrogen-bond donors (Lipinski definition) is 12. The van der Waals surface area contributed by atoms with Gasteiger partial charge in [-0.25, -0.2) is 19.2 Å². The van der Waals surface area contributed by atoms with Crippen LogP contribution < -0.4 is 24.8 Å². The monoisotopic (exact) mass is 904 g/mol. The summed E-state index contributed by atoms with van der Waals surface area (Å²) in [7, 11) is 1.29. The van der Waals surface area contributed by atoms with E-state index < -0.39 is 127 Å². The zero-order valence-electron chi connectivity index (χ0n) is 33.3. The first-order valence-corrected chi connectivity index (χ1v) is 19.3. The van der Waals surface area contributed by atoms with Gasteiger partial charge < -0.3 is 94.7 Å². The number of carbonyl (C=O) groups excluding carboxylic acids is 2. The maximum Gasteiger partial charge on any atom is 0.351 e. The lowest BCUT2D eigenvalue weighted by Crippen LogP contribution is -3.11. The molecule has 6 rings (SSSR count). The largest absolute Gasteiger partial charge is 0.544 e. The summed E-state index contributed by atoms with van der Waals surface area (Å²) in [5.41, 5.74) is 0.690. The molecule has 2 fully saturated rings. The van der Waals surface area contributed by atoms with Crippen LogP contribution in [0.2, 0.25) is 0 Å². The number of rotatable bonds is 15. The van der Waals surface area contributed by atoms with E-state index in [0.29, 0.717) is 5.56 Å². The fourth-order valence-electron chi connectivity index (χ4n) is 7.59. The smallest absolute Gasteiger partial charge is 0.351 e. The molecule has 0 aliphatic carbocycles. The van der Waals surface area contributed by atoms with Crippen LogP contribution in [0.15, 0.2) is 59.8 Å². The number of aliphatic hydroxyl groups excluding tert-OH is 5. The molecule has 4 heterocycles. The van der Waals surface area contributed by atoms with Crippen molar-refractivity contribution in [2.75, 3.05) is 20.3 Å². The van der Waals surface area contributed by atoms with E-state index in [0.717, 1.165) is 12.1 Å². The van der Waals surface area contributed by atoms with E-state index in [1.54, 1.807) is 0 Å². The zero-order valence-corrected chi connectivity index (χ0v) is 33.3. The summed E-state index contributed by atoms with van der Waals surface area (Å²) < 4.78 is 33.2. The molecule has 0 saturated carbocycles. The molecule has 4 aliphatic rings. The van der Waals surface area contributed by atoms with Crippen LogP contribution in [0, 0.1) is 0 Å². The van der Waals surface area contributed by atoms with Crippen molar-refractivity contribution in [3.63, 3.8) is 0 Å². The number of carbonyl (C=O) groups is 5. The van der Waals surface area contributed by atoms with Crippen LogP contribution in [0.5, 0.6) is 23.0 Å². The van der Waals surface area contributed by atoms with Crippen molar-refractivity contribution in [1.82, 2.24) is 5.32 Å². The lowest BCUT2D eigenvalue weighted by molar-refractivity contribution is -0.840. The van der Waals surface area contributed by atoms with Crippen LogP contribution in [-0.2, 0) is 49.3 Å². The minimum Gasteiger partial charge on any atom is -0.544 e. The third kappa shape index (κ3) is 10.0. The van der Waals surface area contributed by atoms with Gasteiger partial charge in [-0.3, -0.25) is 4.90 Å². The lowest BCUT2D eigenvalue weighted by atomic mass is 9.97. The highest BCUT2D eigenvalue weighted by Gasteiger charge is 2.54. The number of benzene rings is 2. The summed E-state index contributed by atoms with van der Waals surface area (Å²) in [6, 6.07) is 3.82. The number of quaternary nitrogens is 1. The number of carboxylic acid groups (broad SMARTS) is 4. The number of nitrogens with one attached hydrogen (secondary N) is 2. The number of allylic oxidation sites excluding steroid dienone is 1. The van der Waals surface area contributed by atoms with Crippen molar-refractivity contribution < 1.29 is 113 Å². The first-order valence-electron chi connectivity index (χ1n) is 19.3. The number of ether oxygens (including phenoxy) is 6. The Labute approximate surface area is 360 Å². The van der Waals surface area contributed by atoms with Crippen LogP contribution in [0.3, 0.4) is 0 Å². The van der Waals surface area contributed by atoms with Gasteiger partial charge in [-0.2, -0.15) is 0 Å². The number of carboxylic acids is 4. The topological polar surface area (TPSA) is 383 Å². The van der Waals surface area contributed by atoms with E-state index in [1.165, 1.54) is 49.6 Å². The highest BCUT2D eigenvalue weighted by Crippen LogP contribution is 2.38. The molecule has 2 saturated heterocycles. The van der Waals surface area contributed by atoms with Crippen molar-refractivity contribution in [2.45, 2.75) is 86.3 Å². The number of aliphatic hydroxyl groups is 5. The number of fused-ring (bicyclic) bond motifs is 1. The zero-order chi connectivity index (χ0) is 46.7. The standard InChI is InChI=1S/C40H44N2O22/c1-59-24-10-15(2-4-22(24)44)3-5-27(46)62-33-31(50)30(49)32(38(57)58)63-40(33)64-34-29(48)28(47)26(14-43)61-39(34)60-25-12-17-11-21(37(55)56)42(20(17)13-23(25)45)7-6-16-8-18(35(51)52)41-19(9-16)36(53)54/h2-6,8,10,12-13,19,21,26,28-34,39-41,43-45,47-50H,7,9,11,14H2,1H3,(H,51,52)(H,53,54)(H,55,56)(H,57,58)/t19-,21-,26+,28+,29-,30-,31-,32-,33+,34+,39+,40-/m0/s1. The quantitative estimate of drug-likeness (QED) is 0.0588. The molecule has 346 valence electrons. The number of aliphatic carboxylic acids is 4. The van der Waals surface area contributed by atoms with Crippen LogP contribution >= 0.6 is 0 Å². The molecule has 0 amide bonds. The van der Waals surface area contributed by atoms with E-state index in [1.807, 2.05) is 0 Å². The molecule has 4 aliphatic heterocycles. The van der Waals surface area contributed by atoms with Crippen molar-refractivity contribution in [2.24, 2.45) is 0 Å². The van der Waals surface area contributed by atoms with Gasteiger partial charge in [0.15, 0.2) is 47.6 Å². The van der Waals surface area contributed by atoms with Crippen molar-refractivity contribution in [3.05, 3.63) is 71.0 Å². The SMILES string of the molecule is COc1cc(C=CC(=O)O[C@H]2[C@H](O[C@H]3[C@H](Oc4cc5c(cc4O)[NH+](CC=C4C=C(C(=O)O)N[C@H](C(=O)O)C4)[C@H](C(=O)[O-])C5)O[C@H](CO)[C@@H](O)[C@@H]3O)O[C@H](C(=O)O)[C@@H](O)[C@@H]2O)ccc1O. The second-order valence-corrected chi connectivity index (χ2v) is 15.0. The summed E-state index contributed by atoms with van der Waals surface area (Å²) >= 11 is 0. The summed E-state index contributed by atoms with van der Waals surface area (Å²) in [5, 5.41) is 118. The molecule has 2 aromatic rings. The average molecular weight is 905 g/mol. The Bertz CT molecular complexity index is 2230. The number of hydrogen-bond acceptors (Lipinski definition) is 20. The van der Waals surface area contributed by atoms with Gasteiger partial charge in [0.2, 0.25) is 6.29 Å². The van der Waals surface area contributed by atoms with Crippen molar-refractivity contribution >= 4 is 41.6 Å². The molecule has 1 unspecified atom stereocenters. The number of esters is 1. The van der Waals surface area contributed by atoms with Gasteiger partial charge in [0, 0.05) is 30.5 Å². The Kier molecular flexibility index (Phi) is 14.4. The molecule has 0 bridgehead atoms. The Morgan fingerprint density at radius 3 is 2.23 bits per heavy atom. The molecule has 12 N–H and O–H groups in total. The Balaban J connectivity index is 1.27. The molecular weight excluding hydrogens is 860 g/mol. The maximum absolute atomic E-state index is 13.0. The first kappa shape index (κ1) is 47.1. The molecule has 0 spiro atoms. The fourth-order valence-corrected chi connectivity index (χ4v) is 7.59. The molecular formula is C40H44N2O22. The van der Waals surface area contributed by atoms with Gasteiger partial charge >= 0.3 is 23.9 Å². The van der Waals surface area contributed by atoms with Gasteiger partial charge in [-0.05, 0) is 47.6 Å². The van der Waals surface area contributed by atoms with Gasteiger partial charge in [-0.15, -0.1) is 0 Å². The molecule has 0 radical (unpaired) electrons. The fraction of sp³-hybridized carbons (Fsp3) is 0.425. The van der Waals surface area contributed by atoms with Gasteiger partial charge in [-0.1, -0.05) is 6.07 Å². The summed E-state index contributed by atoms with van der Waals surface area (Å²) in [6.45, 7) is -1.06. The Morgan fingerprint density at radius 1 is 0.875 bits per heavy atom. The van der Waals surface area contributed by atoms with Crippen LogP contribution in [0.1, 0.15) is 17.5 Å². The number of phenols is 2. The van der Waals surface area contributed by atoms with E-state index in [2.05, 4.69) is 5.32 Å². The predicted octanol–water partition coefficient (Wildman–Crippen LogP) is -5.00. The van der Waals surface area contributed by atoms with Gasteiger partial charge in [0.1, 0.15) is 66.5 Å². The molecule has 64 heavy (non-hydrogen) atoms. The lowest BCUT2D eigenvalue weighted by Gasteiger charge is -2.46. The van der Waals surface area contributed by atoms with E-state index in [-0.39, 0.29) is 52.6 Å². The normalized spacial score (nSPS) is 31.9. The Hall–Kier alpha value is -6.35. The van der Waals surface area contributed by atoms with Crippen LogP contribution in [-0.4, -0.2) is 175 Å². The van der Waals surface area contributed by atoms with Crippen molar-refractivity contribution in [1.29, 1.82) is 0 Å². The van der Waals surface area contributed by atoms with Gasteiger partial charge in [0.25, 0.3) is 0 Å². The van der Waals surface area contributed by atoms with E-state index in [4.69, 9.17) is 28.4 Å². The minimum atomic E-state index is -2.22. The molecule has 0 aromatic heterocycles. The second kappa shape index (κ2) is 19.6. The van der Waals surface area contributed by atoms with Crippen LogP contribution in [0.25, 0.3) is 6.08 Å². The number of phenolic OH excluding ortho intramolecular Hbond substituents is 2. The third-order valence-corrected chi connectivity index (χ3v) is 10.9. The molecule has 2 aromatic carbocycles. The van der Waals surface area contributed by atoms with E-state index in [9.17, 15) is 80.1 Å². The summed E-state index contributed by atoms with van der Waals surface area (Å²) in [6.07, 6.45) is -16.1. The first-order chi connectivity index (χ1) is 30.3. The Morgan fingerprint density at radius 2 is 1.59 bits per heavy atom. The summed E-state index contributed by atoms with van der Waals surface area (Å²) in [4.78, 5) is 60.9. The summed E-state index contributed by atoms with van der Waals surface area (Å²) in [5.74, 6) is -8.48. The second-order valence-electron chi connectivity index (χ2n) is 15.0. The molecule has 24 nitrogen and oxygen atoms in total. The maximum atomic E-state index is 13.0. The number of methoxy groups -OCH3 is 1. The van der Waals surface area contributed by atoms with Gasteiger partial charge in [0.05, 0.1) is 13.7 Å². The predicted molar refractivity (Wildman–Crippen MR) is 204 cm³/mol. The van der Waals surface area contributed by atoms with Crippen LogP contribution in [0.4, 0.5) is 5.69 Å². The number of aromatic hydroxyl groups is 2. The highest BCUT2D eigenvalue weighted by atomic mass is 16.8. The minimum absolute atomic E-state index is 0.0629.